The minimum atomic E-state index is -0.833. The number of ether oxygens (including phenoxy) is 1. The van der Waals surface area contributed by atoms with Crippen LogP contribution in [0.4, 0.5) is 10.5 Å². The second-order valence-corrected chi connectivity index (χ2v) is 7.91. The summed E-state index contributed by atoms with van der Waals surface area (Å²) in [6.45, 7) is 1.39. The standard InChI is InChI=1S/C27H21NO2.C2H4O2/c29-27(28-21-16-14-20(15-17-21)19-8-2-1-3-9-19)30-18-26-24-12-6-4-10-22(24)23-11-5-7-13-25(23)26;1-2(3)4/h1-17,26H,18H2,(H,28,29);1H3,(H,3,4). The van der Waals surface area contributed by atoms with Crippen LogP contribution in [0.25, 0.3) is 22.3 Å². The van der Waals surface area contributed by atoms with Gasteiger partial charge in [-0.3, -0.25) is 10.1 Å². The van der Waals surface area contributed by atoms with Crippen molar-refractivity contribution in [2.45, 2.75) is 12.8 Å². The smallest absolute Gasteiger partial charge is 0.411 e. The molecule has 0 fully saturated rings. The van der Waals surface area contributed by atoms with E-state index in [2.05, 4.69) is 41.7 Å². The topological polar surface area (TPSA) is 75.6 Å². The minimum absolute atomic E-state index is 0.0589. The van der Waals surface area contributed by atoms with Crippen molar-refractivity contribution < 1.29 is 19.4 Å². The van der Waals surface area contributed by atoms with Crippen LogP contribution in [0, 0.1) is 0 Å². The molecule has 4 aromatic rings. The fourth-order valence-corrected chi connectivity index (χ4v) is 4.13. The monoisotopic (exact) mass is 451 g/mol. The molecule has 0 heterocycles. The maximum absolute atomic E-state index is 12.4. The molecule has 0 bridgehead atoms. The maximum Gasteiger partial charge on any atom is 0.411 e. The van der Waals surface area contributed by atoms with Gasteiger partial charge in [0.2, 0.25) is 0 Å². The Labute approximate surface area is 198 Å². The Morgan fingerprint density at radius 1 is 0.735 bits per heavy atom. The molecule has 4 aromatic carbocycles. The number of rotatable bonds is 4. The summed E-state index contributed by atoms with van der Waals surface area (Å²) >= 11 is 0. The number of carboxylic acid groups (broad SMARTS) is 1. The Morgan fingerprint density at radius 3 is 1.76 bits per heavy atom. The van der Waals surface area contributed by atoms with Crippen LogP contribution in [0.1, 0.15) is 24.0 Å². The largest absolute Gasteiger partial charge is 0.481 e. The summed E-state index contributed by atoms with van der Waals surface area (Å²) in [5, 5.41) is 10.2. The summed E-state index contributed by atoms with van der Waals surface area (Å²) in [4.78, 5) is 21.4. The van der Waals surface area contributed by atoms with Crippen molar-refractivity contribution in [3.63, 3.8) is 0 Å². The highest BCUT2D eigenvalue weighted by atomic mass is 16.5. The van der Waals surface area contributed by atoms with Gasteiger partial charge in [-0.15, -0.1) is 0 Å². The third-order valence-corrected chi connectivity index (χ3v) is 5.58. The van der Waals surface area contributed by atoms with Gasteiger partial charge >= 0.3 is 6.09 Å². The number of anilines is 1. The lowest BCUT2D eigenvalue weighted by molar-refractivity contribution is -0.134. The molecular weight excluding hydrogens is 426 g/mol. The van der Waals surface area contributed by atoms with E-state index < -0.39 is 12.1 Å². The number of hydrogen-bond acceptors (Lipinski definition) is 3. The van der Waals surface area contributed by atoms with Gasteiger partial charge in [0.15, 0.2) is 0 Å². The van der Waals surface area contributed by atoms with E-state index in [1.165, 1.54) is 22.3 Å². The predicted molar refractivity (Wildman–Crippen MR) is 134 cm³/mol. The lowest BCUT2D eigenvalue weighted by Crippen LogP contribution is -2.17. The number of nitrogens with one attached hydrogen (secondary N) is 1. The van der Waals surface area contributed by atoms with Crippen molar-refractivity contribution in [3.8, 4) is 22.3 Å². The van der Waals surface area contributed by atoms with Crippen LogP contribution in [0.3, 0.4) is 0 Å². The van der Waals surface area contributed by atoms with Crippen LogP contribution >= 0.6 is 0 Å². The Hall–Kier alpha value is -4.38. The molecule has 0 atom stereocenters. The third-order valence-electron chi connectivity index (χ3n) is 5.58. The number of carbonyl (C=O) groups is 2. The van der Waals surface area contributed by atoms with E-state index in [9.17, 15) is 4.79 Å². The summed E-state index contributed by atoms with van der Waals surface area (Å²) in [7, 11) is 0. The van der Waals surface area contributed by atoms with E-state index in [0.717, 1.165) is 18.1 Å². The molecule has 1 amide bonds. The lowest BCUT2D eigenvalue weighted by atomic mass is 9.98. The third kappa shape index (κ3) is 5.33. The molecule has 1 aliphatic carbocycles. The molecule has 0 saturated carbocycles. The normalized spacial score (nSPS) is 11.4. The highest BCUT2D eigenvalue weighted by Crippen LogP contribution is 2.44. The first-order chi connectivity index (χ1) is 16.5. The van der Waals surface area contributed by atoms with Crippen LogP contribution in [0.5, 0.6) is 0 Å². The van der Waals surface area contributed by atoms with Gasteiger partial charge in [0.1, 0.15) is 6.61 Å². The Morgan fingerprint density at radius 2 is 1.21 bits per heavy atom. The SMILES string of the molecule is CC(=O)O.O=C(Nc1ccc(-c2ccccc2)cc1)OCC1c2ccccc2-c2ccccc21. The molecule has 2 N–H and O–H groups in total. The molecule has 170 valence electrons. The van der Waals surface area contributed by atoms with E-state index in [4.69, 9.17) is 14.6 Å². The second kappa shape index (κ2) is 10.5. The van der Waals surface area contributed by atoms with Gasteiger partial charge in [-0.25, -0.2) is 4.79 Å². The Bertz CT molecular complexity index is 1230. The molecule has 1 aliphatic rings. The highest BCUT2D eigenvalue weighted by Gasteiger charge is 2.28. The number of aliphatic carboxylic acids is 1. The first kappa shape index (κ1) is 22.8. The zero-order chi connectivity index (χ0) is 23.9. The summed E-state index contributed by atoms with van der Waals surface area (Å²) < 4.78 is 5.61. The summed E-state index contributed by atoms with van der Waals surface area (Å²) in [5.74, 6) is -0.774. The molecule has 5 rings (SSSR count). The van der Waals surface area contributed by atoms with Crippen molar-refractivity contribution >= 4 is 17.7 Å². The molecule has 0 saturated heterocycles. The molecule has 0 aliphatic heterocycles. The average Bonchev–Trinajstić information content (AvgIpc) is 3.17. The molecule has 0 unspecified atom stereocenters. The second-order valence-electron chi connectivity index (χ2n) is 7.91. The molecule has 5 nitrogen and oxygen atoms in total. The summed E-state index contributed by atoms with van der Waals surface area (Å²) in [5.41, 5.74) is 7.82. The van der Waals surface area contributed by atoms with Crippen LogP contribution in [-0.4, -0.2) is 23.8 Å². The average molecular weight is 452 g/mol. The molecule has 0 aromatic heterocycles. The number of benzene rings is 4. The fourth-order valence-electron chi connectivity index (χ4n) is 4.13. The van der Waals surface area contributed by atoms with Crippen molar-refractivity contribution in [3.05, 3.63) is 114 Å². The lowest BCUT2D eigenvalue weighted by Gasteiger charge is -2.14. The molecule has 0 radical (unpaired) electrons. The van der Waals surface area contributed by atoms with Gasteiger partial charge in [-0.2, -0.15) is 0 Å². The van der Waals surface area contributed by atoms with Crippen LogP contribution in [0.15, 0.2) is 103 Å². The summed E-state index contributed by atoms with van der Waals surface area (Å²) in [6.07, 6.45) is -0.440. The fraction of sp³-hybridized carbons (Fsp3) is 0.103. The maximum atomic E-state index is 12.4. The van der Waals surface area contributed by atoms with Crippen molar-refractivity contribution in [1.82, 2.24) is 0 Å². The van der Waals surface area contributed by atoms with E-state index in [-0.39, 0.29) is 5.92 Å². The number of hydrogen-bond donors (Lipinski definition) is 2. The Kier molecular flexibility index (Phi) is 7.04. The number of fused-ring (bicyclic) bond motifs is 3. The van der Waals surface area contributed by atoms with Crippen molar-refractivity contribution in [1.29, 1.82) is 0 Å². The van der Waals surface area contributed by atoms with Gasteiger partial charge < -0.3 is 9.84 Å². The van der Waals surface area contributed by atoms with E-state index in [0.29, 0.717) is 12.3 Å². The predicted octanol–water partition coefficient (Wildman–Crippen LogP) is 6.81. The number of carbonyl (C=O) groups excluding carboxylic acids is 1. The quantitative estimate of drug-likeness (QED) is 0.358. The van der Waals surface area contributed by atoms with E-state index in [1.54, 1.807) is 0 Å². The van der Waals surface area contributed by atoms with E-state index in [1.807, 2.05) is 66.7 Å². The molecule has 34 heavy (non-hydrogen) atoms. The van der Waals surface area contributed by atoms with Gasteiger partial charge in [-0.1, -0.05) is 91.0 Å². The molecule has 0 spiro atoms. The first-order valence-corrected chi connectivity index (χ1v) is 11.0. The van der Waals surface area contributed by atoms with Gasteiger partial charge in [0.25, 0.3) is 5.97 Å². The van der Waals surface area contributed by atoms with E-state index >= 15 is 0 Å². The minimum Gasteiger partial charge on any atom is -0.481 e. The van der Waals surface area contributed by atoms with Gasteiger partial charge in [-0.05, 0) is 45.5 Å². The van der Waals surface area contributed by atoms with Gasteiger partial charge in [0.05, 0.1) is 0 Å². The van der Waals surface area contributed by atoms with Crippen LogP contribution in [0.2, 0.25) is 0 Å². The highest BCUT2D eigenvalue weighted by molar-refractivity contribution is 5.85. The zero-order valence-electron chi connectivity index (χ0n) is 18.8. The van der Waals surface area contributed by atoms with Gasteiger partial charge in [0, 0.05) is 18.5 Å². The Balaban J connectivity index is 0.000000636. The number of amides is 1. The number of carboxylic acids is 1. The molecular formula is C29H25NO4. The van der Waals surface area contributed by atoms with Crippen LogP contribution in [-0.2, 0) is 9.53 Å². The molecule has 5 heteroatoms. The van der Waals surface area contributed by atoms with Crippen molar-refractivity contribution in [2.75, 3.05) is 11.9 Å². The first-order valence-electron chi connectivity index (χ1n) is 11.0. The van der Waals surface area contributed by atoms with Crippen LogP contribution < -0.4 is 5.32 Å². The zero-order valence-corrected chi connectivity index (χ0v) is 18.8. The van der Waals surface area contributed by atoms with Crippen molar-refractivity contribution in [2.24, 2.45) is 0 Å². The summed E-state index contributed by atoms with van der Waals surface area (Å²) in [6, 6.07) is 34.6.